The molecular formula is C28H35N5O4S. The summed E-state index contributed by atoms with van der Waals surface area (Å²) in [6.45, 7) is 10.8. The lowest BCUT2D eigenvalue weighted by molar-refractivity contribution is -0.122. The number of nitrogens with zero attached hydrogens (tertiary/aromatic N) is 2. The fourth-order valence-electron chi connectivity index (χ4n) is 4.12. The number of carbonyl (C=O) groups is 3. The first-order chi connectivity index (χ1) is 18.0. The van der Waals surface area contributed by atoms with Gasteiger partial charge in [0.2, 0.25) is 5.91 Å². The van der Waals surface area contributed by atoms with Crippen LogP contribution in [0.5, 0.6) is 5.75 Å². The minimum atomic E-state index is -1.04. The van der Waals surface area contributed by atoms with Gasteiger partial charge < -0.3 is 21.5 Å². The number of hydrogen-bond acceptors (Lipinski definition) is 7. The van der Waals surface area contributed by atoms with E-state index in [-0.39, 0.29) is 22.2 Å². The molecule has 0 saturated carbocycles. The molecule has 0 radical (unpaired) electrons. The second kappa shape index (κ2) is 12.6. The quantitative estimate of drug-likeness (QED) is 0.331. The first-order valence-corrected chi connectivity index (χ1v) is 13.3. The summed E-state index contributed by atoms with van der Waals surface area (Å²) < 4.78 is 9.58. The normalized spacial score (nSPS) is 11.7. The number of nitrogens with two attached hydrogens (primary N) is 2. The Hall–Kier alpha value is -3.92. The Morgan fingerprint density at radius 1 is 1.08 bits per heavy atom. The van der Waals surface area contributed by atoms with Gasteiger partial charge in [-0.25, -0.2) is 0 Å². The molecule has 3 rings (SSSR count). The van der Waals surface area contributed by atoms with Gasteiger partial charge in [0, 0.05) is 12.2 Å². The molecule has 3 aromatic rings. The molecule has 1 unspecified atom stereocenters. The van der Waals surface area contributed by atoms with Crippen molar-refractivity contribution >= 4 is 40.6 Å². The Balaban J connectivity index is 2.19. The highest BCUT2D eigenvalue weighted by Gasteiger charge is 2.36. The molecule has 202 valence electrons. The summed E-state index contributed by atoms with van der Waals surface area (Å²) in [5, 5.41) is 2.99. The third-order valence-corrected chi connectivity index (χ3v) is 6.74. The number of nitrogens with one attached hydrogen (secondary N) is 1. The molecule has 0 saturated heterocycles. The molecule has 0 aliphatic carbocycles. The second-order valence-electron chi connectivity index (χ2n) is 9.54. The van der Waals surface area contributed by atoms with Gasteiger partial charge >= 0.3 is 0 Å². The molecule has 9 nitrogen and oxygen atoms in total. The predicted octanol–water partition coefficient (Wildman–Crippen LogP) is 4.39. The zero-order chi connectivity index (χ0) is 28.0. The van der Waals surface area contributed by atoms with E-state index in [2.05, 4.69) is 23.5 Å². The first kappa shape index (κ1) is 28.6. The minimum absolute atomic E-state index is 0.0314. The van der Waals surface area contributed by atoms with E-state index in [9.17, 15) is 14.4 Å². The van der Waals surface area contributed by atoms with Crippen molar-refractivity contribution < 1.29 is 19.1 Å². The van der Waals surface area contributed by atoms with E-state index in [4.69, 9.17) is 16.2 Å². The number of primary amides is 1. The average molecular weight is 538 g/mol. The zero-order valence-corrected chi connectivity index (χ0v) is 23.2. The monoisotopic (exact) mass is 537 g/mol. The lowest BCUT2D eigenvalue weighted by atomic mass is 10.0. The lowest BCUT2D eigenvalue weighted by Crippen LogP contribution is -2.44. The molecule has 0 aliphatic rings. The van der Waals surface area contributed by atoms with Crippen molar-refractivity contribution in [3.8, 4) is 5.75 Å². The fourth-order valence-corrected chi connectivity index (χ4v) is 4.87. The summed E-state index contributed by atoms with van der Waals surface area (Å²) in [5.41, 5.74) is 14.2. The highest BCUT2D eigenvalue weighted by atomic mass is 32.1. The Morgan fingerprint density at radius 2 is 1.71 bits per heavy atom. The van der Waals surface area contributed by atoms with E-state index in [1.54, 1.807) is 24.3 Å². The van der Waals surface area contributed by atoms with Crippen molar-refractivity contribution in [2.75, 3.05) is 23.8 Å². The molecule has 2 aromatic carbocycles. The van der Waals surface area contributed by atoms with Crippen LogP contribution in [0.15, 0.2) is 42.5 Å². The van der Waals surface area contributed by atoms with Crippen LogP contribution in [0.25, 0.3) is 0 Å². The summed E-state index contributed by atoms with van der Waals surface area (Å²) >= 11 is 0.780. The molecule has 1 atom stereocenters. The standard InChI is InChI=1S/C28H35N5O4S/c1-6-37-21-9-7-19(8-10-21)24(27(35)31-12-11-16(2)3)33(20-14-17(4)13-18(5)15-20)28(36)25-22(29)23(26(30)34)32-38-25/h7-10,13-16,24H,6,11-12,29H2,1-5H3,(H2,30,34)(H,31,35). The van der Waals surface area contributed by atoms with Gasteiger partial charge in [-0.05, 0) is 85.6 Å². The van der Waals surface area contributed by atoms with Gasteiger partial charge in [-0.15, -0.1) is 0 Å². The fraction of sp³-hybridized carbons (Fsp3) is 0.357. The van der Waals surface area contributed by atoms with Crippen LogP contribution in [0, 0.1) is 19.8 Å². The summed E-state index contributed by atoms with van der Waals surface area (Å²) in [5.74, 6) is -0.695. The molecule has 10 heteroatoms. The van der Waals surface area contributed by atoms with E-state index in [0.717, 1.165) is 29.1 Å². The van der Waals surface area contributed by atoms with E-state index < -0.39 is 17.9 Å². The Kier molecular flexibility index (Phi) is 9.46. The van der Waals surface area contributed by atoms with E-state index in [0.29, 0.717) is 36.1 Å². The summed E-state index contributed by atoms with van der Waals surface area (Å²) in [4.78, 5) is 41.2. The number of aromatic nitrogens is 1. The summed E-state index contributed by atoms with van der Waals surface area (Å²) in [6.07, 6.45) is 0.781. The van der Waals surface area contributed by atoms with Crippen LogP contribution < -0.4 is 26.4 Å². The number of rotatable bonds is 11. The first-order valence-electron chi connectivity index (χ1n) is 12.5. The largest absolute Gasteiger partial charge is 0.494 e. The van der Waals surface area contributed by atoms with E-state index in [1.807, 2.05) is 39.0 Å². The van der Waals surface area contributed by atoms with Crippen molar-refractivity contribution in [2.24, 2.45) is 11.7 Å². The molecule has 0 bridgehead atoms. The van der Waals surface area contributed by atoms with Crippen molar-refractivity contribution in [3.05, 3.63) is 69.7 Å². The lowest BCUT2D eigenvalue weighted by Gasteiger charge is -2.32. The highest BCUT2D eigenvalue weighted by Crippen LogP contribution is 2.34. The van der Waals surface area contributed by atoms with E-state index in [1.165, 1.54) is 4.90 Å². The number of nitrogen functional groups attached to an aromatic ring is 1. The van der Waals surface area contributed by atoms with Crippen LogP contribution in [0.1, 0.15) is 70.1 Å². The third kappa shape index (κ3) is 6.69. The maximum Gasteiger partial charge on any atom is 0.273 e. The molecular weight excluding hydrogens is 502 g/mol. The topological polar surface area (TPSA) is 141 Å². The Bertz CT molecular complexity index is 1280. The number of benzene rings is 2. The van der Waals surface area contributed by atoms with Gasteiger partial charge in [-0.3, -0.25) is 19.3 Å². The van der Waals surface area contributed by atoms with Crippen molar-refractivity contribution in [2.45, 2.75) is 47.1 Å². The van der Waals surface area contributed by atoms with Crippen LogP contribution in [0.3, 0.4) is 0 Å². The molecule has 0 aliphatic heterocycles. The van der Waals surface area contributed by atoms with Crippen molar-refractivity contribution in [1.82, 2.24) is 9.69 Å². The molecule has 1 aromatic heterocycles. The van der Waals surface area contributed by atoms with Crippen LogP contribution in [-0.2, 0) is 4.79 Å². The second-order valence-corrected chi connectivity index (χ2v) is 10.3. The Labute approximate surface area is 227 Å². The number of anilines is 2. The van der Waals surface area contributed by atoms with Crippen LogP contribution in [0.2, 0.25) is 0 Å². The minimum Gasteiger partial charge on any atom is -0.494 e. The number of amides is 3. The van der Waals surface area contributed by atoms with Gasteiger partial charge in [0.25, 0.3) is 11.8 Å². The van der Waals surface area contributed by atoms with Gasteiger partial charge in [-0.1, -0.05) is 32.0 Å². The summed E-state index contributed by atoms with van der Waals surface area (Å²) in [7, 11) is 0. The zero-order valence-electron chi connectivity index (χ0n) is 22.4. The van der Waals surface area contributed by atoms with Gasteiger partial charge in [0.1, 0.15) is 16.7 Å². The maximum absolute atomic E-state index is 14.2. The third-order valence-electron chi connectivity index (χ3n) is 5.89. The predicted molar refractivity (Wildman–Crippen MR) is 151 cm³/mol. The molecule has 5 N–H and O–H groups in total. The molecule has 38 heavy (non-hydrogen) atoms. The number of aryl methyl sites for hydroxylation is 2. The smallest absolute Gasteiger partial charge is 0.273 e. The Morgan fingerprint density at radius 3 is 2.24 bits per heavy atom. The van der Waals surface area contributed by atoms with Crippen molar-refractivity contribution in [3.63, 3.8) is 0 Å². The van der Waals surface area contributed by atoms with Gasteiger partial charge in [0.05, 0.1) is 12.3 Å². The van der Waals surface area contributed by atoms with Crippen LogP contribution in [-0.4, -0.2) is 35.2 Å². The molecule has 0 spiro atoms. The molecule has 0 fully saturated rings. The SMILES string of the molecule is CCOc1ccc(C(C(=O)NCCC(C)C)N(C(=O)c2snc(C(N)=O)c2N)c2cc(C)cc(C)c2)cc1. The van der Waals surface area contributed by atoms with E-state index >= 15 is 0 Å². The molecule has 1 heterocycles. The average Bonchev–Trinajstić information content (AvgIpc) is 3.23. The van der Waals surface area contributed by atoms with Crippen LogP contribution in [0.4, 0.5) is 11.4 Å². The number of hydrogen-bond donors (Lipinski definition) is 3. The van der Waals surface area contributed by atoms with Gasteiger partial charge in [0.15, 0.2) is 5.69 Å². The van der Waals surface area contributed by atoms with Crippen molar-refractivity contribution in [1.29, 1.82) is 0 Å². The maximum atomic E-state index is 14.2. The number of carbonyl (C=O) groups excluding carboxylic acids is 3. The highest BCUT2D eigenvalue weighted by molar-refractivity contribution is 7.09. The summed E-state index contributed by atoms with van der Waals surface area (Å²) in [6, 6.07) is 11.7. The van der Waals surface area contributed by atoms with Gasteiger partial charge in [-0.2, -0.15) is 4.37 Å². The van der Waals surface area contributed by atoms with Crippen LogP contribution >= 0.6 is 11.5 Å². The number of ether oxygens (including phenoxy) is 1. The molecule has 3 amide bonds.